The van der Waals surface area contributed by atoms with Crippen LogP contribution in [0.15, 0.2) is 22.1 Å². The Bertz CT molecular complexity index is 551. The van der Waals surface area contributed by atoms with Gasteiger partial charge >= 0.3 is 5.97 Å². The SMILES string of the molecule is C/C=C/C(=NC(=NC)C(=O)N1C[C@H]2CC(C)C[C@H]2C1)C(=O)OC. The van der Waals surface area contributed by atoms with E-state index < -0.39 is 5.97 Å². The lowest BCUT2D eigenvalue weighted by molar-refractivity contribution is -0.132. The molecule has 0 N–H and O–H groups in total. The van der Waals surface area contributed by atoms with Gasteiger partial charge in [0.2, 0.25) is 5.84 Å². The first kappa shape index (κ1) is 17.4. The number of hydrogen-bond donors (Lipinski definition) is 0. The summed E-state index contributed by atoms with van der Waals surface area (Å²) in [7, 11) is 2.80. The molecule has 1 heterocycles. The number of carbonyl (C=O) groups is 2. The summed E-state index contributed by atoms with van der Waals surface area (Å²) in [5.74, 6) is 1.19. The molecule has 2 rings (SSSR count). The van der Waals surface area contributed by atoms with Crippen molar-refractivity contribution < 1.29 is 14.3 Å². The number of carbonyl (C=O) groups excluding carboxylic acids is 2. The number of amides is 1. The molecule has 0 aromatic carbocycles. The van der Waals surface area contributed by atoms with E-state index >= 15 is 0 Å². The first-order valence-electron chi connectivity index (χ1n) is 8.05. The van der Waals surface area contributed by atoms with Crippen molar-refractivity contribution in [2.24, 2.45) is 27.7 Å². The third kappa shape index (κ3) is 3.86. The summed E-state index contributed by atoms with van der Waals surface area (Å²) in [4.78, 5) is 34.3. The number of amidine groups is 1. The third-order valence-electron chi connectivity index (χ3n) is 4.62. The fraction of sp³-hybridized carbons (Fsp3) is 0.647. The minimum Gasteiger partial charge on any atom is -0.464 e. The van der Waals surface area contributed by atoms with Gasteiger partial charge in [0, 0.05) is 20.1 Å². The van der Waals surface area contributed by atoms with Crippen LogP contribution in [0, 0.1) is 17.8 Å². The summed E-state index contributed by atoms with van der Waals surface area (Å²) in [6.07, 6.45) is 5.56. The lowest BCUT2D eigenvalue weighted by atomic mass is 10.0. The van der Waals surface area contributed by atoms with E-state index in [4.69, 9.17) is 0 Å². The van der Waals surface area contributed by atoms with Crippen molar-refractivity contribution in [2.75, 3.05) is 27.2 Å². The number of fused-ring (bicyclic) bond motifs is 1. The van der Waals surface area contributed by atoms with Gasteiger partial charge in [0.05, 0.1) is 7.11 Å². The van der Waals surface area contributed by atoms with Crippen molar-refractivity contribution in [3.8, 4) is 0 Å². The number of ether oxygens (including phenoxy) is 1. The topological polar surface area (TPSA) is 71.3 Å². The van der Waals surface area contributed by atoms with Crippen LogP contribution in [-0.4, -0.2) is 55.6 Å². The summed E-state index contributed by atoms with van der Waals surface area (Å²) in [6.45, 7) is 5.57. The maximum atomic E-state index is 12.7. The van der Waals surface area contributed by atoms with E-state index in [9.17, 15) is 9.59 Å². The van der Waals surface area contributed by atoms with E-state index in [-0.39, 0.29) is 17.5 Å². The van der Waals surface area contributed by atoms with Crippen LogP contribution in [0.3, 0.4) is 0 Å². The van der Waals surface area contributed by atoms with Crippen molar-refractivity contribution in [3.05, 3.63) is 12.2 Å². The lowest BCUT2D eigenvalue weighted by Gasteiger charge is -2.17. The highest BCUT2D eigenvalue weighted by atomic mass is 16.5. The highest BCUT2D eigenvalue weighted by Gasteiger charge is 2.41. The zero-order chi connectivity index (χ0) is 17.0. The molecular weight excluding hydrogens is 294 g/mol. The standard InChI is InChI=1S/C17H25N3O3/c1-5-6-14(17(22)23-4)19-15(18-3)16(21)20-9-12-7-11(2)8-13(12)10-20/h5-6,11-13H,7-10H2,1-4H3/b6-5+,18-15?,19-14?/t11?,12-,13+. The van der Waals surface area contributed by atoms with Crippen molar-refractivity contribution >= 4 is 23.4 Å². The molecule has 2 aliphatic rings. The number of aliphatic imine (C=N–C) groups is 2. The molecular formula is C17H25N3O3. The maximum Gasteiger partial charge on any atom is 0.356 e. The lowest BCUT2D eigenvalue weighted by Crippen LogP contribution is -2.35. The smallest absolute Gasteiger partial charge is 0.356 e. The highest BCUT2D eigenvalue weighted by Crippen LogP contribution is 2.41. The van der Waals surface area contributed by atoms with Crippen LogP contribution >= 0.6 is 0 Å². The largest absolute Gasteiger partial charge is 0.464 e. The van der Waals surface area contributed by atoms with E-state index in [1.54, 1.807) is 13.0 Å². The van der Waals surface area contributed by atoms with Crippen LogP contribution in [0.2, 0.25) is 0 Å². The molecule has 23 heavy (non-hydrogen) atoms. The molecule has 0 radical (unpaired) electrons. The number of methoxy groups -OCH3 is 1. The number of allylic oxidation sites excluding steroid dienone is 1. The van der Waals surface area contributed by atoms with Gasteiger partial charge in [0.25, 0.3) is 5.91 Å². The molecule has 2 fully saturated rings. The zero-order valence-corrected chi connectivity index (χ0v) is 14.3. The van der Waals surface area contributed by atoms with Gasteiger partial charge in [-0.1, -0.05) is 13.0 Å². The molecule has 1 aliphatic heterocycles. The molecule has 126 valence electrons. The van der Waals surface area contributed by atoms with Crippen LogP contribution in [-0.2, 0) is 14.3 Å². The summed E-state index contributed by atoms with van der Waals surface area (Å²) in [5, 5.41) is 0. The van der Waals surface area contributed by atoms with Crippen LogP contribution in [0.25, 0.3) is 0 Å². The molecule has 1 saturated carbocycles. The molecule has 0 aromatic rings. The van der Waals surface area contributed by atoms with Crippen LogP contribution in [0.4, 0.5) is 0 Å². The average Bonchev–Trinajstić information content (AvgIpc) is 3.07. The number of hydrogen-bond acceptors (Lipinski definition) is 4. The molecule has 6 nitrogen and oxygen atoms in total. The molecule has 3 atom stereocenters. The Kier molecular flexibility index (Phi) is 5.69. The van der Waals surface area contributed by atoms with Gasteiger partial charge in [0.15, 0.2) is 5.71 Å². The second kappa shape index (κ2) is 7.53. The van der Waals surface area contributed by atoms with Gasteiger partial charge in [-0.15, -0.1) is 0 Å². The minimum absolute atomic E-state index is 0.0523. The maximum absolute atomic E-state index is 12.7. The van der Waals surface area contributed by atoms with Crippen molar-refractivity contribution in [2.45, 2.75) is 26.7 Å². The molecule has 0 aromatic heterocycles. The highest BCUT2D eigenvalue weighted by molar-refractivity contribution is 6.48. The predicted octanol–water partition coefficient (Wildman–Crippen LogP) is 1.71. The van der Waals surface area contributed by atoms with E-state index in [1.807, 2.05) is 4.90 Å². The molecule has 0 spiro atoms. The molecule has 1 amide bonds. The second-order valence-corrected chi connectivity index (χ2v) is 6.34. The van der Waals surface area contributed by atoms with Crippen molar-refractivity contribution in [1.82, 2.24) is 4.90 Å². The Labute approximate surface area is 137 Å². The second-order valence-electron chi connectivity index (χ2n) is 6.34. The van der Waals surface area contributed by atoms with Gasteiger partial charge in [-0.05, 0) is 43.6 Å². The van der Waals surface area contributed by atoms with E-state index in [1.165, 1.54) is 33.1 Å². The Balaban J connectivity index is 2.12. The van der Waals surface area contributed by atoms with E-state index in [0.29, 0.717) is 11.8 Å². The summed E-state index contributed by atoms with van der Waals surface area (Å²) in [5.41, 5.74) is 0.0805. The fourth-order valence-corrected chi connectivity index (χ4v) is 3.63. The molecule has 1 saturated heterocycles. The Morgan fingerprint density at radius 3 is 2.30 bits per heavy atom. The zero-order valence-electron chi connectivity index (χ0n) is 14.3. The van der Waals surface area contributed by atoms with Gasteiger partial charge in [-0.3, -0.25) is 9.79 Å². The third-order valence-corrected chi connectivity index (χ3v) is 4.62. The quantitative estimate of drug-likeness (QED) is 0.442. The summed E-state index contributed by atoms with van der Waals surface area (Å²) in [6, 6.07) is 0. The van der Waals surface area contributed by atoms with Crippen LogP contribution in [0.1, 0.15) is 26.7 Å². The number of esters is 1. The molecule has 1 aliphatic carbocycles. The van der Waals surface area contributed by atoms with Gasteiger partial charge in [-0.2, -0.15) is 0 Å². The minimum atomic E-state index is -0.579. The monoisotopic (exact) mass is 319 g/mol. The summed E-state index contributed by atoms with van der Waals surface area (Å²) >= 11 is 0. The Morgan fingerprint density at radius 1 is 1.22 bits per heavy atom. The number of rotatable bonds is 2. The van der Waals surface area contributed by atoms with Crippen molar-refractivity contribution in [3.63, 3.8) is 0 Å². The van der Waals surface area contributed by atoms with Crippen LogP contribution < -0.4 is 0 Å². The average molecular weight is 319 g/mol. The van der Waals surface area contributed by atoms with Gasteiger partial charge < -0.3 is 9.64 Å². The van der Waals surface area contributed by atoms with Gasteiger partial charge in [-0.25, -0.2) is 9.79 Å². The number of nitrogens with zero attached hydrogens (tertiary/aromatic N) is 3. The van der Waals surface area contributed by atoms with Crippen molar-refractivity contribution in [1.29, 1.82) is 0 Å². The van der Waals surface area contributed by atoms with Crippen LogP contribution in [0.5, 0.6) is 0 Å². The predicted molar refractivity (Wildman–Crippen MR) is 89.6 cm³/mol. The Morgan fingerprint density at radius 2 is 1.83 bits per heavy atom. The van der Waals surface area contributed by atoms with E-state index in [2.05, 4.69) is 21.6 Å². The fourth-order valence-electron chi connectivity index (χ4n) is 3.63. The van der Waals surface area contributed by atoms with E-state index in [0.717, 1.165) is 19.0 Å². The molecule has 1 unspecified atom stereocenters. The number of likely N-dealkylation sites (tertiary alicyclic amines) is 1. The molecule has 0 bridgehead atoms. The molecule has 6 heteroatoms. The first-order valence-corrected chi connectivity index (χ1v) is 8.05. The summed E-state index contributed by atoms with van der Waals surface area (Å²) < 4.78 is 4.69. The first-order chi connectivity index (χ1) is 11.0. The normalized spacial score (nSPS) is 28.3. The van der Waals surface area contributed by atoms with Gasteiger partial charge in [0.1, 0.15) is 0 Å². The Hall–Kier alpha value is -1.98.